The van der Waals surface area contributed by atoms with Crippen molar-refractivity contribution in [3.05, 3.63) is 11.9 Å². The van der Waals surface area contributed by atoms with Gasteiger partial charge in [0.15, 0.2) is 0 Å². The molecule has 0 aliphatic heterocycles. The lowest BCUT2D eigenvalue weighted by Gasteiger charge is -2.15. The van der Waals surface area contributed by atoms with Crippen LogP contribution in [0, 0.1) is 0 Å². The first-order valence-corrected chi connectivity index (χ1v) is 4.65. The average Bonchev–Trinajstić information content (AvgIpc) is 2.49. The van der Waals surface area contributed by atoms with Gasteiger partial charge in [0.2, 0.25) is 0 Å². The topological polar surface area (TPSA) is 71.2 Å². The molecular formula is C9H17N3O2. The van der Waals surface area contributed by atoms with Crippen molar-refractivity contribution >= 4 is 0 Å². The number of hydrogen-bond acceptors (Lipinski definition) is 4. The van der Waals surface area contributed by atoms with Crippen LogP contribution in [-0.2, 0) is 5.60 Å². The molecule has 5 heteroatoms. The highest BCUT2D eigenvalue weighted by Crippen LogP contribution is 2.18. The first-order valence-electron chi connectivity index (χ1n) is 4.65. The van der Waals surface area contributed by atoms with Gasteiger partial charge in [0.25, 0.3) is 0 Å². The second kappa shape index (κ2) is 3.67. The Balaban J connectivity index is 2.89. The quantitative estimate of drug-likeness (QED) is 0.741. The van der Waals surface area contributed by atoms with Crippen molar-refractivity contribution in [3.63, 3.8) is 0 Å². The molecule has 0 saturated heterocycles. The van der Waals surface area contributed by atoms with Crippen molar-refractivity contribution in [2.75, 3.05) is 0 Å². The lowest BCUT2D eigenvalue weighted by atomic mass is 10.1. The molecule has 1 aromatic heterocycles. The Labute approximate surface area is 83.4 Å². The molecule has 0 saturated carbocycles. The highest BCUT2D eigenvalue weighted by atomic mass is 16.3. The molecule has 1 rings (SSSR count). The van der Waals surface area contributed by atoms with Crippen LogP contribution >= 0.6 is 0 Å². The highest BCUT2D eigenvalue weighted by molar-refractivity contribution is 5.03. The van der Waals surface area contributed by atoms with Gasteiger partial charge in [-0.2, -0.15) is 0 Å². The standard InChI is InChI=1S/C9H17N3O2/c1-6(7(2)13)12-5-8(10-11-12)9(3,4)14/h5-7,13-14H,1-4H3. The lowest BCUT2D eigenvalue weighted by molar-refractivity contribution is 0.0735. The number of nitrogens with zero attached hydrogens (tertiary/aromatic N) is 3. The van der Waals surface area contributed by atoms with E-state index < -0.39 is 11.7 Å². The molecule has 2 N–H and O–H groups in total. The maximum absolute atomic E-state index is 9.64. The van der Waals surface area contributed by atoms with Gasteiger partial charge in [-0.1, -0.05) is 5.21 Å². The van der Waals surface area contributed by atoms with E-state index in [0.29, 0.717) is 5.69 Å². The number of aliphatic hydroxyl groups is 2. The maximum atomic E-state index is 9.64. The maximum Gasteiger partial charge on any atom is 0.114 e. The predicted molar refractivity (Wildman–Crippen MR) is 51.7 cm³/mol. The summed E-state index contributed by atoms with van der Waals surface area (Å²) in [4.78, 5) is 0. The number of hydrogen-bond donors (Lipinski definition) is 2. The summed E-state index contributed by atoms with van der Waals surface area (Å²) in [5.41, 5.74) is -0.485. The zero-order chi connectivity index (χ0) is 10.9. The van der Waals surface area contributed by atoms with E-state index in [1.807, 2.05) is 6.92 Å². The van der Waals surface area contributed by atoms with Gasteiger partial charge in [-0.15, -0.1) is 5.10 Å². The summed E-state index contributed by atoms with van der Waals surface area (Å²) in [5.74, 6) is 0. The molecule has 2 atom stereocenters. The van der Waals surface area contributed by atoms with Crippen molar-refractivity contribution in [1.82, 2.24) is 15.0 Å². The van der Waals surface area contributed by atoms with Crippen molar-refractivity contribution in [2.24, 2.45) is 0 Å². The Kier molecular flexibility index (Phi) is 2.92. The van der Waals surface area contributed by atoms with Crippen LogP contribution in [0.25, 0.3) is 0 Å². The second-order valence-electron chi connectivity index (χ2n) is 4.12. The molecule has 5 nitrogen and oxygen atoms in total. The highest BCUT2D eigenvalue weighted by Gasteiger charge is 2.22. The van der Waals surface area contributed by atoms with E-state index in [2.05, 4.69) is 10.3 Å². The SMILES string of the molecule is CC(O)C(C)n1cc(C(C)(C)O)nn1. The van der Waals surface area contributed by atoms with E-state index in [0.717, 1.165) is 0 Å². The van der Waals surface area contributed by atoms with Gasteiger partial charge in [-0.05, 0) is 27.7 Å². The third-order valence-corrected chi connectivity index (χ3v) is 2.25. The van der Waals surface area contributed by atoms with E-state index in [9.17, 15) is 10.2 Å². The van der Waals surface area contributed by atoms with Crippen molar-refractivity contribution in [3.8, 4) is 0 Å². The molecule has 0 aliphatic carbocycles. The minimum Gasteiger partial charge on any atom is -0.391 e. The number of rotatable bonds is 3. The second-order valence-corrected chi connectivity index (χ2v) is 4.12. The molecule has 0 bridgehead atoms. The minimum atomic E-state index is -0.989. The third-order valence-electron chi connectivity index (χ3n) is 2.25. The summed E-state index contributed by atoms with van der Waals surface area (Å²) < 4.78 is 1.55. The fourth-order valence-corrected chi connectivity index (χ4v) is 0.977. The van der Waals surface area contributed by atoms with E-state index in [1.165, 1.54) is 0 Å². The summed E-state index contributed by atoms with van der Waals surface area (Å²) in [6.45, 7) is 6.83. The van der Waals surface area contributed by atoms with Gasteiger partial charge in [-0.3, -0.25) is 0 Å². The first-order chi connectivity index (χ1) is 6.32. The fraction of sp³-hybridized carbons (Fsp3) is 0.778. The van der Waals surface area contributed by atoms with Gasteiger partial charge in [0.05, 0.1) is 18.3 Å². The molecule has 0 aromatic carbocycles. The fourth-order valence-electron chi connectivity index (χ4n) is 0.977. The van der Waals surface area contributed by atoms with Crippen LogP contribution in [0.5, 0.6) is 0 Å². The Bertz CT molecular complexity index is 301. The van der Waals surface area contributed by atoms with Crippen LogP contribution in [-0.4, -0.2) is 31.3 Å². The van der Waals surface area contributed by atoms with Gasteiger partial charge in [-0.25, -0.2) is 4.68 Å². The summed E-state index contributed by atoms with van der Waals surface area (Å²) in [6, 6.07) is -0.140. The molecule has 1 aromatic rings. The summed E-state index contributed by atoms with van der Waals surface area (Å²) in [7, 11) is 0. The number of aromatic nitrogens is 3. The van der Waals surface area contributed by atoms with Crippen LogP contribution in [0.3, 0.4) is 0 Å². The van der Waals surface area contributed by atoms with Crippen molar-refractivity contribution in [1.29, 1.82) is 0 Å². The van der Waals surface area contributed by atoms with E-state index >= 15 is 0 Å². The molecule has 1 heterocycles. The first kappa shape index (κ1) is 11.1. The lowest BCUT2D eigenvalue weighted by Crippen LogP contribution is -2.19. The molecule has 0 spiro atoms. The monoisotopic (exact) mass is 199 g/mol. The third kappa shape index (κ3) is 2.30. The van der Waals surface area contributed by atoms with Crippen LogP contribution in [0.4, 0.5) is 0 Å². The molecule has 80 valence electrons. The van der Waals surface area contributed by atoms with Gasteiger partial charge >= 0.3 is 0 Å². The van der Waals surface area contributed by atoms with E-state index in [-0.39, 0.29) is 6.04 Å². The Morgan fingerprint density at radius 1 is 1.43 bits per heavy atom. The van der Waals surface area contributed by atoms with Crippen LogP contribution in [0.1, 0.15) is 39.4 Å². The molecule has 14 heavy (non-hydrogen) atoms. The number of aliphatic hydroxyl groups excluding tert-OH is 1. The zero-order valence-corrected chi connectivity index (χ0v) is 8.97. The summed E-state index contributed by atoms with van der Waals surface area (Å²) in [6.07, 6.45) is 1.16. The Morgan fingerprint density at radius 2 is 2.00 bits per heavy atom. The zero-order valence-electron chi connectivity index (χ0n) is 8.97. The molecule has 2 unspecified atom stereocenters. The Morgan fingerprint density at radius 3 is 2.36 bits per heavy atom. The average molecular weight is 199 g/mol. The predicted octanol–water partition coefficient (Wildman–Crippen LogP) is 0.447. The van der Waals surface area contributed by atoms with Gasteiger partial charge < -0.3 is 10.2 Å². The van der Waals surface area contributed by atoms with Crippen molar-refractivity contribution in [2.45, 2.75) is 45.4 Å². The van der Waals surface area contributed by atoms with Gasteiger partial charge in [0, 0.05) is 0 Å². The molecular weight excluding hydrogens is 182 g/mol. The van der Waals surface area contributed by atoms with E-state index in [1.54, 1.807) is 31.6 Å². The van der Waals surface area contributed by atoms with E-state index in [4.69, 9.17) is 0 Å². The normalized spacial score (nSPS) is 16.7. The molecule has 0 amide bonds. The van der Waals surface area contributed by atoms with Crippen molar-refractivity contribution < 1.29 is 10.2 Å². The largest absolute Gasteiger partial charge is 0.391 e. The Hall–Kier alpha value is -0.940. The molecule has 0 radical (unpaired) electrons. The van der Waals surface area contributed by atoms with Crippen LogP contribution in [0.2, 0.25) is 0 Å². The van der Waals surface area contributed by atoms with Crippen LogP contribution < -0.4 is 0 Å². The minimum absolute atomic E-state index is 0.140. The summed E-state index contributed by atoms with van der Waals surface area (Å²) >= 11 is 0. The van der Waals surface area contributed by atoms with Gasteiger partial charge in [0.1, 0.15) is 11.3 Å². The smallest absolute Gasteiger partial charge is 0.114 e. The molecule has 0 fully saturated rings. The van der Waals surface area contributed by atoms with Crippen LogP contribution in [0.15, 0.2) is 6.20 Å². The summed E-state index contributed by atoms with van der Waals surface area (Å²) in [5, 5.41) is 26.7. The molecule has 0 aliphatic rings.